The van der Waals surface area contributed by atoms with Crippen LogP contribution in [0.2, 0.25) is 0 Å². The van der Waals surface area contributed by atoms with Gasteiger partial charge < -0.3 is 25.4 Å². The van der Waals surface area contributed by atoms with Crippen molar-refractivity contribution in [3.8, 4) is 11.1 Å². The number of fused-ring (bicyclic) bond motifs is 2. The van der Waals surface area contributed by atoms with Crippen LogP contribution in [-0.4, -0.2) is 65.1 Å². The van der Waals surface area contributed by atoms with Gasteiger partial charge in [0.2, 0.25) is 11.9 Å². The Hall–Kier alpha value is -3.89. The lowest BCUT2D eigenvalue weighted by atomic mass is 9.80. The van der Waals surface area contributed by atoms with Gasteiger partial charge in [-0.1, -0.05) is 12.1 Å². The summed E-state index contributed by atoms with van der Waals surface area (Å²) in [4.78, 5) is 36.4. The first kappa shape index (κ1) is 24.8. The maximum atomic E-state index is 14.6. The van der Waals surface area contributed by atoms with Gasteiger partial charge in [-0.15, -0.1) is 0 Å². The number of nitrogens with two attached hydrogens (primary N) is 1. The minimum absolute atomic E-state index is 0.187. The van der Waals surface area contributed by atoms with Crippen LogP contribution in [0.15, 0.2) is 48.8 Å². The van der Waals surface area contributed by atoms with Crippen LogP contribution in [-0.2, 0) is 20.5 Å². The largest absolute Gasteiger partial charge is 0.386 e. The molecule has 192 valence electrons. The number of amides is 2. The molecule has 1 fully saturated rings. The average Bonchev–Trinajstić information content (AvgIpc) is 3.18. The van der Waals surface area contributed by atoms with E-state index < -0.39 is 17.3 Å². The first-order valence-electron chi connectivity index (χ1n) is 11.9. The van der Waals surface area contributed by atoms with Gasteiger partial charge in [0.05, 0.1) is 30.8 Å². The van der Waals surface area contributed by atoms with Crippen molar-refractivity contribution in [3.63, 3.8) is 0 Å². The number of likely N-dealkylation sites (N-methyl/N-ethyl adjacent to an activating group) is 1. The van der Waals surface area contributed by atoms with Gasteiger partial charge >= 0.3 is 0 Å². The zero-order valence-corrected chi connectivity index (χ0v) is 20.9. The molecule has 1 aromatic heterocycles. The van der Waals surface area contributed by atoms with Gasteiger partial charge in [-0.25, -0.2) is 14.4 Å². The lowest BCUT2D eigenvalue weighted by Gasteiger charge is -2.38. The fraction of sp³-hybridized carbons (Fsp3) is 0.333. The van der Waals surface area contributed by atoms with E-state index in [1.54, 1.807) is 50.5 Å². The summed E-state index contributed by atoms with van der Waals surface area (Å²) >= 11 is 0. The first-order valence-corrected chi connectivity index (χ1v) is 11.9. The summed E-state index contributed by atoms with van der Waals surface area (Å²) in [5.74, 6) is -0.958. The smallest absolute Gasteiger partial charge is 0.254 e. The normalized spacial score (nSPS) is 15.9. The highest BCUT2D eigenvalue weighted by Gasteiger charge is 2.49. The third-order valence-electron chi connectivity index (χ3n) is 6.93. The number of ether oxygens (including phenoxy) is 1. The number of primary amides is 1. The molecule has 1 spiro atoms. The molecular formula is C27H28FN5O4. The molecule has 3 N–H and O–H groups in total. The Morgan fingerprint density at radius 2 is 1.89 bits per heavy atom. The van der Waals surface area contributed by atoms with Crippen LogP contribution in [0.1, 0.15) is 35.3 Å². The number of benzene rings is 2. The molecule has 0 atom stereocenters. The zero-order chi connectivity index (χ0) is 26.5. The van der Waals surface area contributed by atoms with Crippen LogP contribution < -0.4 is 10.6 Å². The molecule has 1 saturated heterocycles. The Kier molecular flexibility index (Phi) is 5.96. The third-order valence-corrected chi connectivity index (χ3v) is 6.93. The Balaban J connectivity index is 1.49. The molecule has 0 bridgehead atoms. The Labute approximate surface area is 213 Å². The van der Waals surface area contributed by atoms with Gasteiger partial charge in [-0.05, 0) is 49.2 Å². The van der Waals surface area contributed by atoms with E-state index in [-0.39, 0.29) is 17.9 Å². The number of hydrogen-bond donors (Lipinski definition) is 2. The quantitative estimate of drug-likeness (QED) is 0.528. The van der Waals surface area contributed by atoms with Gasteiger partial charge in [0.25, 0.3) is 5.91 Å². The van der Waals surface area contributed by atoms with Crippen LogP contribution in [0.5, 0.6) is 0 Å². The number of anilines is 2. The van der Waals surface area contributed by atoms with E-state index in [1.165, 1.54) is 18.0 Å². The zero-order valence-electron chi connectivity index (χ0n) is 20.9. The van der Waals surface area contributed by atoms with Crippen molar-refractivity contribution < 1.29 is 23.8 Å². The van der Waals surface area contributed by atoms with Crippen LogP contribution in [0.25, 0.3) is 11.1 Å². The lowest BCUT2D eigenvalue weighted by Crippen LogP contribution is -2.49. The molecule has 5 rings (SSSR count). The predicted molar refractivity (Wildman–Crippen MR) is 135 cm³/mol. The summed E-state index contributed by atoms with van der Waals surface area (Å²) < 4.78 is 20.2. The molecule has 0 saturated carbocycles. The van der Waals surface area contributed by atoms with Crippen molar-refractivity contribution in [2.75, 3.05) is 38.3 Å². The molecule has 0 unspecified atom stereocenters. The second kappa shape index (κ2) is 8.89. The first-order chi connectivity index (χ1) is 17.5. The number of halogens is 1. The van der Waals surface area contributed by atoms with Crippen molar-refractivity contribution in [2.45, 2.75) is 24.9 Å². The lowest BCUT2D eigenvalue weighted by molar-refractivity contribution is -0.118. The molecule has 3 heterocycles. The van der Waals surface area contributed by atoms with E-state index in [0.717, 1.165) is 11.3 Å². The summed E-state index contributed by atoms with van der Waals surface area (Å²) in [6.07, 6.45) is 3.10. The maximum absolute atomic E-state index is 14.6. The SMILES string of the molecule is CN(CC(N)=O)C(=O)c1ccc2c(c1)N(c1ncc(-c3cc(C(C)(C)O)ccc3F)cn1)CC21COC1. The summed E-state index contributed by atoms with van der Waals surface area (Å²) in [6, 6.07) is 9.89. The van der Waals surface area contributed by atoms with Gasteiger partial charge in [0.15, 0.2) is 0 Å². The summed E-state index contributed by atoms with van der Waals surface area (Å²) in [5.41, 5.74) is 7.46. The molecule has 2 aliphatic rings. The van der Waals surface area contributed by atoms with E-state index in [0.29, 0.717) is 48.0 Å². The molecule has 10 heteroatoms. The van der Waals surface area contributed by atoms with Crippen molar-refractivity contribution in [3.05, 3.63) is 71.3 Å². The number of carbonyl (C=O) groups excluding carboxylic acids is 2. The minimum atomic E-state index is -1.12. The Morgan fingerprint density at radius 3 is 2.49 bits per heavy atom. The molecule has 3 aromatic rings. The maximum Gasteiger partial charge on any atom is 0.254 e. The minimum Gasteiger partial charge on any atom is -0.386 e. The molecule has 2 aliphatic heterocycles. The van der Waals surface area contributed by atoms with Crippen LogP contribution in [0.4, 0.5) is 16.0 Å². The van der Waals surface area contributed by atoms with Crippen LogP contribution in [0, 0.1) is 5.82 Å². The highest BCUT2D eigenvalue weighted by Crippen LogP contribution is 2.48. The number of hydrogen-bond acceptors (Lipinski definition) is 7. The van der Waals surface area contributed by atoms with Gasteiger partial charge in [-0.2, -0.15) is 0 Å². The van der Waals surface area contributed by atoms with Gasteiger partial charge in [0, 0.05) is 48.4 Å². The van der Waals surface area contributed by atoms with Crippen LogP contribution in [0.3, 0.4) is 0 Å². The molecule has 9 nitrogen and oxygen atoms in total. The van der Waals surface area contributed by atoms with E-state index in [4.69, 9.17) is 10.5 Å². The van der Waals surface area contributed by atoms with Crippen molar-refractivity contribution in [1.29, 1.82) is 0 Å². The molecule has 37 heavy (non-hydrogen) atoms. The summed E-state index contributed by atoms with van der Waals surface area (Å²) in [5, 5.41) is 10.3. The van der Waals surface area contributed by atoms with E-state index in [2.05, 4.69) is 9.97 Å². The van der Waals surface area contributed by atoms with Crippen molar-refractivity contribution in [1.82, 2.24) is 14.9 Å². The summed E-state index contributed by atoms with van der Waals surface area (Å²) in [7, 11) is 1.52. The number of aromatic nitrogens is 2. The number of aliphatic hydroxyl groups is 1. The molecule has 2 aromatic carbocycles. The molecular weight excluding hydrogens is 477 g/mol. The van der Waals surface area contributed by atoms with Crippen molar-refractivity contribution in [2.24, 2.45) is 5.73 Å². The van der Waals surface area contributed by atoms with E-state index in [1.807, 2.05) is 11.0 Å². The van der Waals surface area contributed by atoms with Crippen molar-refractivity contribution >= 4 is 23.5 Å². The molecule has 0 aliphatic carbocycles. The van der Waals surface area contributed by atoms with Gasteiger partial charge in [-0.3, -0.25) is 9.59 Å². The van der Waals surface area contributed by atoms with Gasteiger partial charge in [0.1, 0.15) is 5.82 Å². The fourth-order valence-electron chi connectivity index (χ4n) is 4.84. The second-order valence-electron chi connectivity index (χ2n) is 10.2. The Bertz CT molecular complexity index is 1380. The monoisotopic (exact) mass is 505 g/mol. The molecule has 2 amide bonds. The van der Waals surface area contributed by atoms with Crippen LogP contribution >= 0.6 is 0 Å². The van der Waals surface area contributed by atoms with E-state index in [9.17, 15) is 19.1 Å². The number of rotatable bonds is 6. The topological polar surface area (TPSA) is 122 Å². The third kappa shape index (κ3) is 4.42. The van der Waals surface area contributed by atoms with E-state index >= 15 is 0 Å². The Morgan fingerprint density at radius 1 is 1.19 bits per heavy atom. The fourth-order valence-corrected chi connectivity index (χ4v) is 4.84. The second-order valence-corrected chi connectivity index (χ2v) is 10.2. The highest BCUT2D eigenvalue weighted by molar-refractivity contribution is 5.97. The number of carbonyl (C=O) groups is 2. The summed E-state index contributed by atoms with van der Waals surface area (Å²) in [6.45, 7) is 4.74. The predicted octanol–water partition coefficient (Wildman–Crippen LogP) is 2.49. The molecule has 0 radical (unpaired) electrons. The standard InChI is InChI=1S/C27H28FN5O4/c1-26(2,36)18-5-7-21(28)19(9-18)17-10-30-25(31-11-17)33-13-27(14-37-15-27)20-6-4-16(8-22(20)33)24(35)32(3)12-23(29)34/h4-11,36H,12-15H2,1-3H3,(H2,29,34). The average molecular weight is 506 g/mol. The number of nitrogens with zero attached hydrogens (tertiary/aromatic N) is 4. The highest BCUT2D eigenvalue weighted by atomic mass is 19.1.